The lowest BCUT2D eigenvalue weighted by Gasteiger charge is -2.36. The van der Waals surface area contributed by atoms with Crippen molar-refractivity contribution in [2.24, 2.45) is 0 Å². The molecule has 1 aromatic heterocycles. The van der Waals surface area contributed by atoms with Gasteiger partial charge in [-0.05, 0) is 77.0 Å². The molecule has 0 bridgehead atoms. The van der Waals surface area contributed by atoms with Crippen LogP contribution in [0.4, 0.5) is 4.79 Å². The fraction of sp³-hybridized carbons (Fsp3) is 0.583. The second-order valence-electron chi connectivity index (χ2n) is 13.3. The number of hydrogen-bond acceptors (Lipinski definition) is 10. The number of likely N-dealkylation sites (tertiary alicyclic amines) is 1. The summed E-state index contributed by atoms with van der Waals surface area (Å²) in [6.07, 6.45) is 2.69. The molecule has 1 saturated carbocycles. The molecule has 276 valence electrons. The maximum atomic E-state index is 13.8. The van der Waals surface area contributed by atoms with Crippen molar-refractivity contribution >= 4 is 46.6 Å². The minimum atomic E-state index is -1.09. The first-order chi connectivity index (χ1) is 24.5. The Kier molecular flexibility index (Phi) is 12.3. The van der Waals surface area contributed by atoms with E-state index in [1.54, 1.807) is 30.9 Å². The molecule has 3 heterocycles. The maximum absolute atomic E-state index is 13.8. The quantitative estimate of drug-likeness (QED) is 0.311. The lowest BCUT2D eigenvalue weighted by atomic mass is 9.93. The minimum Gasteiger partial charge on any atom is -0.480 e. The molecule has 15 nitrogen and oxygen atoms in total. The van der Waals surface area contributed by atoms with E-state index in [1.165, 1.54) is 23.0 Å². The van der Waals surface area contributed by atoms with Gasteiger partial charge in [0.05, 0.1) is 19.2 Å². The molecule has 5 amide bonds. The van der Waals surface area contributed by atoms with E-state index in [9.17, 15) is 28.8 Å². The Hall–Kier alpha value is -4.95. The molecule has 3 fully saturated rings. The zero-order chi connectivity index (χ0) is 36.7. The highest BCUT2D eigenvalue weighted by Crippen LogP contribution is 2.29. The van der Waals surface area contributed by atoms with Gasteiger partial charge in [-0.2, -0.15) is 0 Å². The number of carbonyl (C=O) groups excluding carboxylic acids is 6. The summed E-state index contributed by atoms with van der Waals surface area (Å²) in [5, 5.41) is 6.39. The molecule has 3 aliphatic rings. The summed E-state index contributed by atoms with van der Waals surface area (Å²) in [6.45, 7) is 6.86. The zero-order valence-corrected chi connectivity index (χ0v) is 29.8. The lowest BCUT2D eigenvalue weighted by Crippen LogP contribution is -2.56. The molecule has 1 aromatic carbocycles. The molecular weight excluding hydrogens is 660 g/mol. The van der Waals surface area contributed by atoms with Gasteiger partial charge in [-0.3, -0.25) is 24.0 Å². The number of aromatic nitrogens is 1. The van der Waals surface area contributed by atoms with E-state index in [0.29, 0.717) is 30.3 Å². The lowest BCUT2D eigenvalue weighted by molar-refractivity contribution is -0.143. The van der Waals surface area contributed by atoms with Gasteiger partial charge in [0.1, 0.15) is 23.5 Å². The van der Waals surface area contributed by atoms with Gasteiger partial charge in [-0.25, -0.2) is 9.78 Å². The summed E-state index contributed by atoms with van der Waals surface area (Å²) < 4.78 is 16.1. The van der Waals surface area contributed by atoms with Gasteiger partial charge < -0.3 is 39.5 Å². The SMILES string of the molecule is CCOC(=O)N1CCN(C(=O)C(CCC(=O)OC)NC(=O)c2cc(O[C@H](C)C(=O)N3CCCC3C(=O)NC3CCC3)c3ccc(C)cc3n2)CC1. The van der Waals surface area contributed by atoms with Crippen LogP contribution in [0.5, 0.6) is 5.75 Å². The van der Waals surface area contributed by atoms with E-state index >= 15 is 0 Å². The van der Waals surface area contributed by atoms with Gasteiger partial charge in [0.25, 0.3) is 11.8 Å². The van der Waals surface area contributed by atoms with E-state index in [2.05, 4.69) is 15.6 Å². The number of aryl methyl sites for hydroxylation is 1. The smallest absolute Gasteiger partial charge is 0.409 e. The summed E-state index contributed by atoms with van der Waals surface area (Å²) in [5.41, 5.74) is 1.28. The third-order valence-electron chi connectivity index (χ3n) is 9.69. The number of nitrogens with zero attached hydrogens (tertiary/aromatic N) is 4. The number of pyridine rings is 1. The molecule has 2 unspecified atom stereocenters. The minimum absolute atomic E-state index is 0.0256. The van der Waals surface area contributed by atoms with Gasteiger partial charge in [-0.15, -0.1) is 0 Å². The number of benzene rings is 1. The Balaban J connectivity index is 1.33. The largest absolute Gasteiger partial charge is 0.480 e. The highest BCUT2D eigenvalue weighted by Gasteiger charge is 2.38. The zero-order valence-electron chi connectivity index (χ0n) is 29.8. The van der Waals surface area contributed by atoms with Gasteiger partial charge in [0.15, 0.2) is 6.10 Å². The summed E-state index contributed by atoms with van der Waals surface area (Å²) in [5.74, 6) is -1.86. The highest BCUT2D eigenvalue weighted by molar-refractivity contribution is 6.00. The first kappa shape index (κ1) is 37.3. The Morgan fingerprint density at radius 2 is 1.67 bits per heavy atom. The maximum Gasteiger partial charge on any atom is 0.409 e. The van der Waals surface area contributed by atoms with Crippen LogP contribution in [-0.2, 0) is 28.7 Å². The number of hydrogen-bond donors (Lipinski definition) is 2. The fourth-order valence-electron chi connectivity index (χ4n) is 6.55. The van der Waals surface area contributed by atoms with Crippen molar-refractivity contribution in [3.63, 3.8) is 0 Å². The number of methoxy groups -OCH3 is 1. The monoisotopic (exact) mass is 708 g/mol. The van der Waals surface area contributed by atoms with Crippen LogP contribution in [0.15, 0.2) is 24.3 Å². The van der Waals surface area contributed by atoms with Crippen LogP contribution in [0.2, 0.25) is 0 Å². The number of rotatable bonds is 12. The summed E-state index contributed by atoms with van der Waals surface area (Å²) in [7, 11) is 1.24. The molecule has 2 aromatic rings. The highest BCUT2D eigenvalue weighted by atomic mass is 16.6. The van der Waals surface area contributed by atoms with Crippen LogP contribution in [0.3, 0.4) is 0 Å². The Bertz CT molecular complexity index is 1640. The van der Waals surface area contributed by atoms with E-state index in [-0.39, 0.29) is 74.9 Å². The number of fused-ring (bicyclic) bond motifs is 1. The van der Waals surface area contributed by atoms with Crippen molar-refractivity contribution < 1.29 is 43.0 Å². The topological polar surface area (TPSA) is 177 Å². The summed E-state index contributed by atoms with van der Waals surface area (Å²) >= 11 is 0. The number of ether oxygens (including phenoxy) is 3. The number of carbonyl (C=O) groups is 6. The van der Waals surface area contributed by atoms with Crippen molar-refractivity contribution in [3.05, 3.63) is 35.5 Å². The first-order valence-corrected chi connectivity index (χ1v) is 17.8. The Labute approximate surface area is 297 Å². The molecule has 51 heavy (non-hydrogen) atoms. The molecule has 0 spiro atoms. The summed E-state index contributed by atoms with van der Waals surface area (Å²) in [4.78, 5) is 87.6. The van der Waals surface area contributed by atoms with Crippen molar-refractivity contribution in [2.75, 3.05) is 46.4 Å². The van der Waals surface area contributed by atoms with Crippen molar-refractivity contribution in [1.29, 1.82) is 0 Å². The van der Waals surface area contributed by atoms with Crippen LogP contribution in [0.25, 0.3) is 10.9 Å². The Morgan fingerprint density at radius 1 is 0.941 bits per heavy atom. The number of piperazine rings is 1. The van der Waals surface area contributed by atoms with Crippen molar-refractivity contribution in [2.45, 2.75) is 89.9 Å². The molecule has 15 heteroatoms. The molecule has 2 N–H and O–H groups in total. The second kappa shape index (κ2) is 16.8. The predicted octanol–water partition coefficient (Wildman–Crippen LogP) is 2.32. The third kappa shape index (κ3) is 9.05. The molecule has 1 aliphatic carbocycles. The van der Waals surface area contributed by atoms with Gasteiger partial charge in [0.2, 0.25) is 11.8 Å². The van der Waals surface area contributed by atoms with Crippen LogP contribution in [0.1, 0.15) is 74.8 Å². The van der Waals surface area contributed by atoms with Gasteiger partial charge in [-0.1, -0.05) is 6.07 Å². The second-order valence-corrected chi connectivity index (χ2v) is 13.3. The van der Waals surface area contributed by atoms with Crippen LogP contribution in [0, 0.1) is 6.92 Å². The van der Waals surface area contributed by atoms with E-state index in [1.807, 2.05) is 13.0 Å². The predicted molar refractivity (Wildman–Crippen MR) is 185 cm³/mol. The average molecular weight is 709 g/mol. The summed E-state index contributed by atoms with van der Waals surface area (Å²) in [6, 6.07) is 5.40. The van der Waals surface area contributed by atoms with Crippen LogP contribution < -0.4 is 15.4 Å². The van der Waals surface area contributed by atoms with Crippen LogP contribution >= 0.6 is 0 Å². The number of amides is 5. The molecule has 2 aliphatic heterocycles. The Morgan fingerprint density at radius 3 is 2.33 bits per heavy atom. The molecule has 5 rings (SSSR count). The van der Waals surface area contributed by atoms with Crippen molar-refractivity contribution in [3.8, 4) is 5.75 Å². The van der Waals surface area contributed by atoms with Gasteiger partial charge >= 0.3 is 12.1 Å². The average Bonchev–Trinajstić information content (AvgIpc) is 3.60. The molecule has 0 radical (unpaired) electrons. The standard InChI is InChI=1S/C36H48N6O9/c1-5-50-36(48)41-18-16-40(17-19-41)35(47)26(13-14-31(43)49-4)39-32(44)28-21-30(25-12-11-22(2)20-27(25)38-28)51-23(3)34(46)42-15-7-10-29(42)33(45)37-24-8-6-9-24/h11-12,20-21,23-24,26,29H,5-10,13-19H2,1-4H3,(H,37,45)(H,39,44)/t23-,26?,29?/m1/s1. The number of nitrogens with one attached hydrogen (secondary N) is 2. The van der Waals surface area contributed by atoms with Crippen molar-refractivity contribution in [1.82, 2.24) is 30.3 Å². The van der Waals surface area contributed by atoms with Gasteiger partial charge in [0, 0.05) is 56.6 Å². The van der Waals surface area contributed by atoms with Crippen LogP contribution in [-0.4, -0.2) is 126 Å². The third-order valence-corrected chi connectivity index (χ3v) is 9.69. The number of esters is 1. The normalized spacial score (nSPS) is 18.7. The molecule has 2 saturated heterocycles. The first-order valence-electron chi connectivity index (χ1n) is 17.8. The van der Waals surface area contributed by atoms with E-state index in [0.717, 1.165) is 24.8 Å². The molecular formula is C36H48N6O9. The van der Waals surface area contributed by atoms with E-state index in [4.69, 9.17) is 14.2 Å². The molecule has 3 atom stereocenters. The fourth-order valence-corrected chi connectivity index (χ4v) is 6.55. The van der Waals surface area contributed by atoms with E-state index < -0.39 is 42.1 Å².